The predicted molar refractivity (Wildman–Crippen MR) is 89.4 cm³/mol. The average molecular weight is 300 g/mol. The summed E-state index contributed by atoms with van der Waals surface area (Å²) in [6.07, 6.45) is 0. The lowest BCUT2D eigenvalue weighted by molar-refractivity contribution is 0.0459. The van der Waals surface area contributed by atoms with Crippen LogP contribution in [0.5, 0.6) is 5.75 Å². The summed E-state index contributed by atoms with van der Waals surface area (Å²) in [5.74, 6) is 1.42. The minimum absolute atomic E-state index is 0.268. The van der Waals surface area contributed by atoms with Gasteiger partial charge in [-0.25, -0.2) is 4.79 Å². The van der Waals surface area contributed by atoms with Crippen molar-refractivity contribution in [2.75, 3.05) is 13.2 Å². The van der Waals surface area contributed by atoms with Crippen molar-refractivity contribution >= 4 is 16.7 Å². The molecule has 0 heterocycles. The molecule has 0 spiro atoms. The first-order valence-electron chi connectivity index (χ1n) is 7.79. The van der Waals surface area contributed by atoms with E-state index in [0.717, 1.165) is 16.5 Å². The van der Waals surface area contributed by atoms with E-state index in [1.807, 2.05) is 44.2 Å². The average Bonchev–Trinajstić information content (AvgIpc) is 2.49. The van der Waals surface area contributed by atoms with Crippen LogP contribution in [0.3, 0.4) is 0 Å². The lowest BCUT2D eigenvalue weighted by Gasteiger charge is -2.10. The van der Waals surface area contributed by atoms with Gasteiger partial charge in [-0.3, -0.25) is 0 Å². The molecule has 0 fully saturated rings. The summed E-state index contributed by atoms with van der Waals surface area (Å²) in [6.45, 7) is 9.43. The monoisotopic (exact) mass is 300 g/mol. The van der Waals surface area contributed by atoms with Crippen LogP contribution < -0.4 is 4.74 Å². The highest BCUT2D eigenvalue weighted by Crippen LogP contribution is 2.23. The molecule has 22 heavy (non-hydrogen) atoms. The molecule has 0 amide bonds. The van der Waals surface area contributed by atoms with Crippen molar-refractivity contribution in [2.45, 2.75) is 27.7 Å². The summed E-state index contributed by atoms with van der Waals surface area (Å²) >= 11 is 0. The molecule has 0 N–H and O–H groups in total. The zero-order valence-corrected chi connectivity index (χ0v) is 13.8. The number of hydrogen-bond acceptors (Lipinski definition) is 3. The molecule has 0 aliphatic carbocycles. The number of esters is 1. The van der Waals surface area contributed by atoms with Gasteiger partial charge in [0.25, 0.3) is 0 Å². The molecule has 2 aromatic rings. The molecule has 0 saturated carbocycles. The lowest BCUT2D eigenvalue weighted by Crippen LogP contribution is -2.10. The molecule has 0 bridgehead atoms. The number of carbonyl (C=O) groups excluding carboxylic acids is 1. The Labute approximate surface area is 132 Å². The van der Waals surface area contributed by atoms with Crippen molar-refractivity contribution in [2.24, 2.45) is 11.8 Å². The second-order valence-corrected chi connectivity index (χ2v) is 6.42. The predicted octanol–water partition coefficient (Wildman–Crippen LogP) is 4.69. The fourth-order valence-corrected chi connectivity index (χ4v) is 2.03. The molecule has 3 heteroatoms. The molecule has 0 aliphatic heterocycles. The maximum atomic E-state index is 12.0. The molecule has 0 aromatic heterocycles. The Kier molecular flexibility index (Phi) is 5.42. The van der Waals surface area contributed by atoms with E-state index >= 15 is 0 Å². The topological polar surface area (TPSA) is 35.5 Å². The van der Waals surface area contributed by atoms with Gasteiger partial charge < -0.3 is 9.47 Å². The Bertz CT molecular complexity index is 644. The van der Waals surface area contributed by atoms with Gasteiger partial charge >= 0.3 is 5.97 Å². The second kappa shape index (κ2) is 7.30. The molecule has 3 nitrogen and oxygen atoms in total. The van der Waals surface area contributed by atoms with E-state index in [2.05, 4.69) is 13.8 Å². The van der Waals surface area contributed by atoms with Crippen molar-refractivity contribution in [3.8, 4) is 5.75 Å². The van der Waals surface area contributed by atoms with Crippen LogP contribution in [0.15, 0.2) is 36.4 Å². The first kappa shape index (κ1) is 16.3. The zero-order chi connectivity index (χ0) is 16.1. The van der Waals surface area contributed by atoms with E-state index in [1.54, 1.807) is 6.07 Å². The highest BCUT2D eigenvalue weighted by Gasteiger charge is 2.09. The van der Waals surface area contributed by atoms with Crippen LogP contribution in [-0.4, -0.2) is 19.2 Å². The van der Waals surface area contributed by atoms with Crippen molar-refractivity contribution < 1.29 is 14.3 Å². The SMILES string of the molecule is CC(C)COC(=O)c1ccc2cc(OCC(C)C)ccc2c1. The van der Waals surface area contributed by atoms with Crippen molar-refractivity contribution in [1.29, 1.82) is 0 Å². The van der Waals surface area contributed by atoms with Crippen LogP contribution in [0.1, 0.15) is 38.1 Å². The Morgan fingerprint density at radius 3 is 2.23 bits per heavy atom. The van der Waals surface area contributed by atoms with Crippen molar-refractivity contribution in [3.63, 3.8) is 0 Å². The second-order valence-electron chi connectivity index (χ2n) is 6.42. The third-order valence-corrected chi connectivity index (χ3v) is 3.18. The van der Waals surface area contributed by atoms with E-state index in [4.69, 9.17) is 9.47 Å². The van der Waals surface area contributed by atoms with Gasteiger partial charge in [-0.05, 0) is 46.9 Å². The van der Waals surface area contributed by atoms with Crippen molar-refractivity contribution in [3.05, 3.63) is 42.0 Å². The van der Waals surface area contributed by atoms with Gasteiger partial charge in [-0.15, -0.1) is 0 Å². The molecule has 0 radical (unpaired) electrons. The Morgan fingerprint density at radius 2 is 1.55 bits per heavy atom. The van der Waals surface area contributed by atoms with Crippen LogP contribution in [0, 0.1) is 11.8 Å². The van der Waals surface area contributed by atoms with E-state index in [0.29, 0.717) is 30.6 Å². The number of benzene rings is 2. The zero-order valence-electron chi connectivity index (χ0n) is 13.8. The molecule has 118 valence electrons. The minimum atomic E-state index is -0.268. The van der Waals surface area contributed by atoms with Crippen LogP contribution in [-0.2, 0) is 4.74 Å². The number of carbonyl (C=O) groups is 1. The highest BCUT2D eigenvalue weighted by atomic mass is 16.5. The highest BCUT2D eigenvalue weighted by molar-refractivity contribution is 5.95. The molecular weight excluding hydrogens is 276 g/mol. The Morgan fingerprint density at radius 1 is 0.909 bits per heavy atom. The van der Waals surface area contributed by atoms with Gasteiger partial charge in [0.15, 0.2) is 0 Å². The van der Waals surface area contributed by atoms with Gasteiger partial charge in [0.05, 0.1) is 18.8 Å². The van der Waals surface area contributed by atoms with Crippen LogP contribution in [0.2, 0.25) is 0 Å². The smallest absolute Gasteiger partial charge is 0.338 e. The largest absolute Gasteiger partial charge is 0.493 e. The van der Waals surface area contributed by atoms with Gasteiger partial charge in [0, 0.05) is 0 Å². The number of hydrogen-bond donors (Lipinski definition) is 0. The van der Waals surface area contributed by atoms with E-state index in [9.17, 15) is 4.79 Å². The standard InChI is InChI=1S/C19H24O3/c1-13(2)11-21-18-8-7-15-9-17(6-5-16(15)10-18)19(20)22-12-14(3)4/h5-10,13-14H,11-12H2,1-4H3. The number of rotatable bonds is 6. The molecule has 0 atom stereocenters. The third-order valence-electron chi connectivity index (χ3n) is 3.18. The summed E-state index contributed by atoms with van der Waals surface area (Å²) < 4.78 is 11.0. The van der Waals surface area contributed by atoms with Gasteiger partial charge in [-0.1, -0.05) is 39.8 Å². The lowest BCUT2D eigenvalue weighted by atomic mass is 10.1. The summed E-state index contributed by atoms with van der Waals surface area (Å²) in [6, 6.07) is 11.5. The summed E-state index contributed by atoms with van der Waals surface area (Å²) in [4.78, 5) is 12.0. The first-order chi connectivity index (χ1) is 10.5. The van der Waals surface area contributed by atoms with Crippen LogP contribution in [0.4, 0.5) is 0 Å². The first-order valence-corrected chi connectivity index (χ1v) is 7.79. The molecular formula is C19H24O3. The third kappa shape index (κ3) is 4.48. The summed E-state index contributed by atoms with van der Waals surface area (Å²) in [5.41, 5.74) is 0.587. The van der Waals surface area contributed by atoms with Crippen LogP contribution >= 0.6 is 0 Å². The maximum Gasteiger partial charge on any atom is 0.338 e. The van der Waals surface area contributed by atoms with E-state index < -0.39 is 0 Å². The Balaban J connectivity index is 2.14. The number of fused-ring (bicyclic) bond motifs is 1. The maximum absolute atomic E-state index is 12.0. The normalized spacial score (nSPS) is 11.2. The van der Waals surface area contributed by atoms with Crippen LogP contribution in [0.25, 0.3) is 10.8 Å². The molecule has 2 rings (SSSR count). The molecule has 2 aromatic carbocycles. The summed E-state index contributed by atoms with van der Waals surface area (Å²) in [7, 11) is 0. The van der Waals surface area contributed by atoms with Gasteiger partial charge in [0.1, 0.15) is 5.75 Å². The molecule has 0 saturated heterocycles. The van der Waals surface area contributed by atoms with Crippen molar-refractivity contribution in [1.82, 2.24) is 0 Å². The van der Waals surface area contributed by atoms with E-state index in [1.165, 1.54) is 0 Å². The number of ether oxygens (including phenoxy) is 2. The molecule has 0 aliphatic rings. The summed E-state index contributed by atoms with van der Waals surface area (Å²) in [5, 5.41) is 2.07. The Hall–Kier alpha value is -2.03. The quantitative estimate of drug-likeness (QED) is 0.726. The van der Waals surface area contributed by atoms with Gasteiger partial charge in [-0.2, -0.15) is 0 Å². The fourth-order valence-electron chi connectivity index (χ4n) is 2.03. The van der Waals surface area contributed by atoms with E-state index in [-0.39, 0.29) is 5.97 Å². The minimum Gasteiger partial charge on any atom is -0.493 e. The molecule has 0 unspecified atom stereocenters. The fraction of sp³-hybridized carbons (Fsp3) is 0.421. The van der Waals surface area contributed by atoms with Gasteiger partial charge in [0.2, 0.25) is 0 Å².